The van der Waals surface area contributed by atoms with Crippen molar-refractivity contribution < 1.29 is 19.1 Å². The minimum absolute atomic E-state index is 0.0528. The minimum Gasteiger partial charge on any atom is -0.490 e. The molecule has 128 valence electrons. The zero-order chi connectivity index (χ0) is 17.2. The topological polar surface area (TPSA) is 76.7 Å². The van der Waals surface area contributed by atoms with E-state index in [1.807, 2.05) is 27.7 Å². The van der Waals surface area contributed by atoms with Crippen LogP contribution < -0.4 is 20.1 Å². The summed E-state index contributed by atoms with van der Waals surface area (Å²) >= 11 is 0. The van der Waals surface area contributed by atoms with Crippen molar-refractivity contribution in [1.29, 1.82) is 0 Å². The molecule has 6 nitrogen and oxygen atoms in total. The molecule has 0 bridgehead atoms. The van der Waals surface area contributed by atoms with Crippen LogP contribution in [-0.4, -0.2) is 38.1 Å². The van der Waals surface area contributed by atoms with Crippen molar-refractivity contribution in [3.05, 3.63) is 23.8 Å². The first-order chi connectivity index (χ1) is 11.0. The van der Waals surface area contributed by atoms with Crippen LogP contribution in [0.3, 0.4) is 0 Å². The number of ether oxygens (including phenoxy) is 2. The van der Waals surface area contributed by atoms with Gasteiger partial charge in [0.15, 0.2) is 11.5 Å². The fourth-order valence-corrected chi connectivity index (χ4v) is 1.84. The van der Waals surface area contributed by atoms with Gasteiger partial charge in [0.2, 0.25) is 5.91 Å². The van der Waals surface area contributed by atoms with Gasteiger partial charge in [0.25, 0.3) is 5.91 Å². The maximum Gasteiger partial charge on any atom is 0.251 e. The van der Waals surface area contributed by atoms with E-state index in [4.69, 9.17) is 9.47 Å². The number of carbonyl (C=O) groups is 2. The summed E-state index contributed by atoms with van der Waals surface area (Å²) in [5.74, 6) is 0.957. The molecular formula is C17H26N2O4. The van der Waals surface area contributed by atoms with Crippen LogP contribution in [0.25, 0.3) is 0 Å². The largest absolute Gasteiger partial charge is 0.490 e. The molecule has 0 aliphatic carbocycles. The quantitative estimate of drug-likeness (QED) is 0.729. The molecule has 23 heavy (non-hydrogen) atoms. The second kappa shape index (κ2) is 9.71. The van der Waals surface area contributed by atoms with Crippen LogP contribution in [0.2, 0.25) is 0 Å². The standard InChI is InChI=1S/C17H26N2O4/c1-5-22-14-8-7-13(9-15(14)23-6-2)17(21)19-11-16(20)18-10-12(3)4/h7-9,12H,5-6,10-11H2,1-4H3,(H,18,20)(H,19,21). The van der Waals surface area contributed by atoms with Gasteiger partial charge >= 0.3 is 0 Å². The molecule has 0 radical (unpaired) electrons. The first-order valence-electron chi connectivity index (χ1n) is 7.92. The molecule has 0 aromatic heterocycles. The molecule has 0 saturated heterocycles. The molecule has 0 aliphatic rings. The normalized spacial score (nSPS) is 10.3. The van der Waals surface area contributed by atoms with E-state index in [2.05, 4.69) is 10.6 Å². The lowest BCUT2D eigenvalue weighted by Gasteiger charge is -2.12. The van der Waals surface area contributed by atoms with Gasteiger partial charge in [-0.05, 0) is 38.0 Å². The van der Waals surface area contributed by atoms with E-state index >= 15 is 0 Å². The molecule has 0 aliphatic heterocycles. The summed E-state index contributed by atoms with van der Waals surface area (Å²) in [6, 6.07) is 4.97. The second-order valence-electron chi connectivity index (χ2n) is 5.41. The van der Waals surface area contributed by atoms with Gasteiger partial charge in [0.1, 0.15) is 0 Å². The van der Waals surface area contributed by atoms with Crippen molar-refractivity contribution in [2.75, 3.05) is 26.3 Å². The number of carbonyl (C=O) groups excluding carboxylic acids is 2. The SMILES string of the molecule is CCOc1ccc(C(=O)NCC(=O)NCC(C)C)cc1OCC. The minimum atomic E-state index is -0.325. The Balaban J connectivity index is 2.65. The Bertz CT molecular complexity index is 529. The third-order valence-corrected chi connectivity index (χ3v) is 2.92. The number of hydrogen-bond acceptors (Lipinski definition) is 4. The Morgan fingerprint density at radius 2 is 1.70 bits per heavy atom. The third-order valence-electron chi connectivity index (χ3n) is 2.92. The van der Waals surface area contributed by atoms with E-state index in [1.54, 1.807) is 18.2 Å². The monoisotopic (exact) mass is 322 g/mol. The molecule has 0 spiro atoms. The predicted octanol–water partition coefficient (Wildman–Crippen LogP) is 1.99. The predicted molar refractivity (Wildman–Crippen MR) is 89.0 cm³/mol. The molecule has 2 amide bonds. The summed E-state index contributed by atoms with van der Waals surface area (Å²) in [7, 11) is 0. The zero-order valence-corrected chi connectivity index (χ0v) is 14.3. The van der Waals surface area contributed by atoms with Gasteiger partial charge in [0, 0.05) is 12.1 Å². The highest BCUT2D eigenvalue weighted by Crippen LogP contribution is 2.28. The fraction of sp³-hybridized carbons (Fsp3) is 0.529. The summed E-state index contributed by atoms with van der Waals surface area (Å²) in [6.07, 6.45) is 0. The van der Waals surface area contributed by atoms with Gasteiger partial charge in [-0.15, -0.1) is 0 Å². The van der Waals surface area contributed by atoms with Crippen molar-refractivity contribution in [3.8, 4) is 11.5 Å². The van der Waals surface area contributed by atoms with Gasteiger partial charge in [-0.2, -0.15) is 0 Å². The van der Waals surface area contributed by atoms with Crippen LogP contribution >= 0.6 is 0 Å². The van der Waals surface area contributed by atoms with Gasteiger partial charge < -0.3 is 20.1 Å². The second-order valence-corrected chi connectivity index (χ2v) is 5.41. The Kier molecular flexibility index (Phi) is 7.94. The smallest absolute Gasteiger partial charge is 0.251 e. The van der Waals surface area contributed by atoms with E-state index in [-0.39, 0.29) is 18.4 Å². The highest BCUT2D eigenvalue weighted by molar-refractivity contribution is 5.97. The van der Waals surface area contributed by atoms with E-state index in [0.29, 0.717) is 42.7 Å². The van der Waals surface area contributed by atoms with Crippen LogP contribution in [0.15, 0.2) is 18.2 Å². The van der Waals surface area contributed by atoms with Gasteiger partial charge in [-0.1, -0.05) is 13.8 Å². The van der Waals surface area contributed by atoms with E-state index < -0.39 is 0 Å². The van der Waals surface area contributed by atoms with Gasteiger partial charge in [0.05, 0.1) is 19.8 Å². The van der Waals surface area contributed by atoms with Crippen LogP contribution in [0, 0.1) is 5.92 Å². The Hall–Kier alpha value is -2.24. The molecule has 1 aromatic carbocycles. The van der Waals surface area contributed by atoms with E-state index in [9.17, 15) is 9.59 Å². The van der Waals surface area contributed by atoms with E-state index in [1.165, 1.54) is 0 Å². The molecule has 0 heterocycles. The van der Waals surface area contributed by atoms with Crippen LogP contribution in [0.1, 0.15) is 38.1 Å². The van der Waals surface area contributed by atoms with Gasteiger partial charge in [-0.25, -0.2) is 0 Å². The number of rotatable bonds is 9. The number of amides is 2. The molecule has 6 heteroatoms. The van der Waals surface area contributed by atoms with Crippen LogP contribution in [-0.2, 0) is 4.79 Å². The Morgan fingerprint density at radius 3 is 2.30 bits per heavy atom. The fourth-order valence-electron chi connectivity index (χ4n) is 1.84. The molecular weight excluding hydrogens is 296 g/mol. The Morgan fingerprint density at radius 1 is 1.04 bits per heavy atom. The molecule has 0 saturated carbocycles. The number of hydrogen-bond donors (Lipinski definition) is 2. The van der Waals surface area contributed by atoms with Crippen molar-refractivity contribution in [2.24, 2.45) is 5.92 Å². The molecule has 0 atom stereocenters. The average molecular weight is 322 g/mol. The first-order valence-corrected chi connectivity index (χ1v) is 7.92. The van der Waals surface area contributed by atoms with E-state index in [0.717, 1.165) is 0 Å². The Labute approximate surface area is 137 Å². The van der Waals surface area contributed by atoms with Crippen LogP contribution in [0.5, 0.6) is 11.5 Å². The van der Waals surface area contributed by atoms with Crippen molar-refractivity contribution in [1.82, 2.24) is 10.6 Å². The molecule has 0 fully saturated rings. The van der Waals surface area contributed by atoms with Crippen LogP contribution in [0.4, 0.5) is 0 Å². The maximum absolute atomic E-state index is 12.1. The third kappa shape index (κ3) is 6.59. The van der Waals surface area contributed by atoms with Crippen molar-refractivity contribution >= 4 is 11.8 Å². The summed E-state index contributed by atoms with van der Waals surface area (Å²) in [4.78, 5) is 23.7. The number of nitrogens with one attached hydrogen (secondary N) is 2. The van der Waals surface area contributed by atoms with Crippen molar-refractivity contribution in [2.45, 2.75) is 27.7 Å². The lowest BCUT2D eigenvalue weighted by molar-refractivity contribution is -0.120. The highest BCUT2D eigenvalue weighted by Gasteiger charge is 2.12. The van der Waals surface area contributed by atoms with Gasteiger partial charge in [-0.3, -0.25) is 9.59 Å². The lowest BCUT2D eigenvalue weighted by atomic mass is 10.2. The summed E-state index contributed by atoms with van der Waals surface area (Å²) in [5.41, 5.74) is 0.425. The summed E-state index contributed by atoms with van der Waals surface area (Å²) in [6.45, 7) is 9.29. The molecule has 1 rings (SSSR count). The molecule has 0 unspecified atom stereocenters. The molecule has 1 aromatic rings. The first kappa shape index (κ1) is 18.8. The zero-order valence-electron chi connectivity index (χ0n) is 14.3. The number of benzene rings is 1. The van der Waals surface area contributed by atoms with Crippen molar-refractivity contribution in [3.63, 3.8) is 0 Å². The maximum atomic E-state index is 12.1. The summed E-state index contributed by atoms with van der Waals surface area (Å²) < 4.78 is 10.9. The summed E-state index contributed by atoms with van der Waals surface area (Å²) in [5, 5.41) is 5.34. The lowest BCUT2D eigenvalue weighted by Crippen LogP contribution is -2.38. The highest BCUT2D eigenvalue weighted by atomic mass is 16.5. The molecule has 2 N–H and O–H groups in total. The average Bonchev–Trinajstić information content (AvgIpc) is 2.52.